The molecule has 0 aliphatic carbocycles. The van der Waals surface area contributed by atoms with E-state index in [0.29, 0.717) is 54.7 Å². The van der Waals surface area contributed by atoms with Crippen LogP contribution in [-0.2, 0) is 4.79 Å². The molecule has 3 atom stereocenters. The van der Waals surface area contributed by atoms with Crippen molar-refractivity contribution in [2.45, 2.75) is 31.9 Å². The molecule has 2 aromatic carbocycles. The number of hydrogen-bond donors (Lipinski definition) is 1. The molecule has 1 aromatic heterocycles. The lowest BCUT2D eigenvalue weighted by Gasteiger charge is -2.37. The number of ether oxygens (including phenoxy) is 1. The highest BCUT2D eigenvalue weighted by molar-refractivity contribution is 6.32. The molecule has 1 aliphatic heterocycles. The van der Waals surface area contributed by atoms with Gasteiger partial charge in [0.2, 0.25) is 0 Å². The zero-order valence-corrected chi connectivity index (χ0v) is 21.6. The largest absolute Gasteiger partial charge is 0.497 e. The van der Waals surface area contributed by atoms with Gasteiger partial charge in [-0.15, -0.1) is 0 Å². The first-order chi connectivity index (χ1) is 18.2. The number of likely N-dealkylation sites (tertiary alicyclic amines) is 1. The van der Waals surface area contributed by atoms with E-state index in [1.54, 1.807) is 18.2 Å². The van der Waals surface area contributed by atoms with Crippen molar-refractivity contribution in [1.82, 2.24) is 9.88 Å². The number of methoxy groups -OCH3 is 1. The smallest absolute Gasteiger partial charge is 0.303 e. The molecule has 0 saturated carbocycles. The summed E-state index contributed by atoms with van der Waals surface area (Å²) in [5.74, 6) is 3.84. The van der Waals surface area contributed by atoms with E-state index in [-0.39, 0.29) is 35.3 Å². The summed E-state index contributed by atoms with van der Waals surface area (Å²) >= 11 is 6.36. The van der Waals surface area contributed by atoms with Gasteiger partial charge in [0.25, 0.3) is 0 Å². The fraction of sp³-hybridized carbons (Fsp3) is 0.379. The minimum Gasteiger partial charge on any atom is -0.497 e. The van der Waals surface area contributed by atoms with E-state index in [1.807, 2.05) is 4.90 Å². The van der Waals surface area contributed by atoms with Gasteiger partial charge in [0.15, 0.2) is 0 Å². The van der Waals surface area contributed by atoms with Gasteiger partial charge in [-0.2, -0.15) is 0 Å². The summed E-state index contributed by atoms with van der Waals surface area (Å²) in [4.78, 5) is 17.8. The summed E-state index contributed by atoms with van der Waals surface area (Å²) in [6.07, 6.45) is 1.42. The molecule has 0 spiro atoms. The Bertz CT molecular complexity index is 1370. The first-order valence-electron chi connectivity index (χ1n) is 12.4. The van der Waals surface area contributed by atoms with Crippen molar-refractivity contribution in [1.29, 1.82) is 0 Å². The van der Waals surface area contributed by atoms with Crippen LogP contribution in [0.3, 0.4) is 0 Å². The number of aliphatic carboxylic acids is 1. The molecule has 0 radical (unpaired) electrons. The second-order valence-corrected chi connectivity index (χ2v) is 9.92. The molecule has 5 nitrogen and oxygen atoms in total. The molecule has 3 unspecified atom stereocenters. The minimum absolute atomic E-state index is 0.00985. The molecular formula is C29H28ClF3N2O3. The van der Waals surface area contributed by atoms with Crippen LogP contribution in [0.25, 0.3) is 10.9 Å². The van der Waals surface area contributed by atoms with Crippen molar-refractivity contribution in [3.05, 3.63) is 70.4 Å². The van der Waals surface area contributed by atoms with Crippen LogP contribution in [0.15, 0.2) is 42.6 Å². The third-order valence-corrected chi connectivity index (χ3v) is 7.34. The number of hydrogen-bond acceptors (Lipinski definition) is 4. The third kappa shape index (κ3) is 6.77. The van der Waals surface area contributed by atoms with E-state index >= 15 is 4.39 Å². The van der Waals surface area contributed by atoms with Crippen molar-refractivity contribution >= 4 is 28.5 Å². The molecule has 38 heavy (non-hydrogen) atoms. The lowest BCUT2D eigenvalue weighted by atomic mass is 9.79. The van der Waals surface area contributed by atoms with E-state index in [9.17, 15) is 18.7 Å². The molecule has 0 bridgehead atoms. The predicted molar refractivity (Wildman–Crippen MR) is 140 cm³/mol. The van der Waals surface area contributed by atoms with Crippen LogP contribution in [0, 0.1) is 35.3 Å². The van der Waals surface area contributed by atoms with Gasteiger partial charge in [0.1, 0.15) is 23.6 Å². The number of nitrogens with zero attached hydrogens (tertiary/aromatic N) is 2. The second kappa shape index (κ2) is 12.5. The molecule has 200 valence electrons. The normalized spacial score (nSPS) is 18.6. The number of rotatable bonds is 8. The fourth-order valence-corrected chi connectivity index (χ4v) is 5.36. The number of aromatic nitrogens is 1. The van der Waals surface area contributed by atoms with Crippen LogP contribution in [0.5, 0.6) is 5.75 Å². The molecule has 2 heterocycles. The van der Waals surface area contributed by atoms with Gasteiger partial charge < -0.3 is 9.84 Å². The number of fused-ring (bicyclic) bond motifs is 1. The van der Waals surface area contributed by atoms with Gasteiger partial charge in [-0.05, 0) is 74.0 Å². The van der Waals surface area contributed by atoms with Crippen molar-refractivity contribution in [2.75, 3.05) is 26.7 Å². The van der Waals surface area contributed by atoms with Gasteiger partial charge in [0.05, 0.1) is 29.8 Å². The van der Waals surface area contributed by atoms with E-state index in [0.717, 1.165) is 18.2 Å². The number of carboxylic acids is 1. The number of benzene rings is 2. The highest BCUT2D eigenvalue weighted by Gasteiger charge is 2.31. The Morgan fingerprint density at radius 2 is 2.08 bits per heavy atom. The first-order valence-corrected chi connectivity index (χ1v) is 12.8. The van der Waals surface area contributed by atoms with Crippen molar-refractivity contribution in [2.24, 2.45) is 11.8 Å². The molecule has 1 fully saturated rings. The Morgan fingerprint density at radius 3 is 2.84 bits per heavy atom. The molecule has 1 aliphatic rings. The Balaban J connectivity index is 1.42. The predicted octanol–water partition coefficient (Wildman–Crippen LogP) is 6.43. The van der Waals surface area contributed by atoms with Gasteiger partial charge in [-0.3, -0.25) is 14.7 Å². The zero-order chi connectivity index (χ0) is 27.2. The standard InChI is InChI=1S/C29H28ClF3N2O3/c1-38-22-6-9-27-23(15-22)29(24(30)16-34-27)26(33)7-4-18-10-12-35(17-20(18)14-28(36)37)11-2-3-19-13-21(31)5-8-25(19)32/h5-6,8-9,13,15-16,18,20,26H,4,7,10-12,14,17H2,1H3,(H,36,37). The molecule has 3 aromatic rings. The molecule has 4 rings (SSSR count). The van der Waals surface area contributed by atoms with Crippen LogP contribution in [0.4, 0.5) is 13.2 Å². The second-order valence-electron chi connectivity index (χ2n) is 9.52. The third-order valence-electron chi connectivity index (χ3n) is 7.04. The summed E-state index contributed by atoms with van der Waals surface area (Å²) in [5, 5.41) is 10.3. The SMILES string of the molecule is COc1ccc2ncc(Cl)c(C(F)CCC3CCN(CC#Cc4cc(F)ccc4F)CC3CC(=O)O)c2c1. The Kier molecular flexibility index (Phi) is 9.13. The van der Waals surface area contributed by atoms with Crippen molar-refractivity contribution in [3.8, 4) is 17.6 Å². The molecule has 1 N–H and O–H groups in total. The number of carboxylic acid groups (broad SMARTS) is 1. The minimum atomic E-state index is -1.35. The summed E-state index contributed by atoms with van der Waals surface area (Å²) in [5.41, 5.74) is 0.961. The Morgan fingerprint density at radius 1 is 1.26 bits per heavy atom. The van der Waals surface area contributed by atoms with Crippen molar-refractivity contribution in [3.63, 3.8) is 0 Å². The summed E-state index contributed by atoms with van der Waals surface area (Å²) in [7, 11) is 1.53. The summed E-state index contributed by atoms with van der Waals surface area (Å²) < 4.78 is 48.1. The maximum Gasteiger partial charge on any atom is 0.303 e. The average Bonchev–Trinajstić information content (AvgIpc) is 2.89. The van der Waals surface area contributed by atoms with E-state index in [4.69, 9.17) is 16.3 Å². The highest BCUT2D eigenvalue weighted by Crippen LogP contribution is 2.39. The summed E-state index contributed by atoms with van der Waals surface area (Å²) in [6.45, 7) is 1.42. The zero-order valence-electron chi connectivity index (χ0n) is 20.9. The molecule has 0 amide bonds. The number of alkyl halides is 1. The number of halogens is 4. The lowest BCUT2D eigenvalue weighted by Crippen LogP contribution is -2.41. The van der Waals surface area contributed by atoms with E-state index in [1.165, 1.54) is 13.3 Å². The average molecular weight is 545 g/mol. The van der Waals surface area contributed by atoms with Gasteiger partial charge in [-0.1, -0.05) is 23.4 Å². The molecule has 9 heteroatoms. The molecular weight excluding hydrogens is 517 g/mol. The van der Waals surface area contributed by atoms with Gasteiger partial charge >= 0.3 is 5.97 Å². The van der Waals surface area contributed by atoms with Gasteiger partial charge in [-0.25, -0.2) is 13.2 Å². The Labute approximate surface area is 224 Å². The van der Waals surface area contributed by atoms with Crippen LogP contribution < -0.4 is 4.74 Å². The van der Waals surface area contributed by atoms with Crippen LogP contribution in [-0.4, -0.2) is 47.7 Å². The monoisotopic (exact) mass is 544 g/mol. The number of pyridine rings is 1. The maximum atomic E-state index is 15.6. The maximum absolute atomic E-state index is 15.6. The molecule has 1 saturated heterocycles. The van der Waals surface area contributed by atoms with Crippen LogP contribution >= 0.6 is 11.6 Å². The van der Waals surface area contributed by atoms with E-state index in [2.05, 4.69) is 16.8 Å². The topological polar surface area (TPSA) is 62.7 Å². The quantitative estimate of drug-likeness (QED) is 0.331. The van der Waals surface area contributed by atoms with E-state index < -0.39 is 23.8 Å². The Hall–Kier alpha value is -3.28. The first kappa shape index (κ1) is 27.7. The highest BCUT2D eigenvalue weighted by atomic mass is 35.5. The number of carbonyl (C=O) groups is 1. The lowest BCUT2D eigenvalue weighted by molar-refractivity contribution is -0.139. The fourth-order valence-electron chi connectivity index (χ4n) is 5.09. The number of piperidine rings is 1. The van der Waals surface area contributed by atoms with Crippen LogP contribution in [0.1, 0.15) is 43.0 Å². The summed E-state index contributed by atoms with van der Waals surface area (Å²) in [6, 6.07) is 8.34. The van der Waals surface area contributed by atoms with Crippen molar-refractivity contribution < 1.29 is 27.8 Å². The van der Waals surface area contributed by atoms with Crippen LogP contribution in [0.2, 0.25) is 5.02 Å². The van der Waals surface area contributed by atoms with Gasteiger partial charge in [0, 0.05) is 30.1 Å².